The van der Waals surface area contributed by atoms with E-state index in [1.165, 1.54) is 5.56 Å². The monoisotopic (exact) mass is 191 g/mol. The zero-order valence-corrected chi connectivity index (χ0v) is 8.86. The number of aromatic nitrogens is 1. The third-order valence-corrected chi connectivity index (χ3v) is 2.73. The Morgan fingerprint density at radius 3 is 3.00 bits per heavy atom. The van der Waals surface area contributed by atoms with Crippen LogP contribution in [0, 0.1) is 0 Å². The Kier molecular flexibility index (Phi) is 2.82. The molecule has 2 heterocycles. The van der Waals surface area contributed by atoms with Gasteiger partial charge in [-0.05, 0) is 36.5 Å². The fraction of sp³-hybridized carbons (Fsp3) is 0.583. The smallest absolute Gasteiger partial charge is 0.0995 e. The van der Waals surface area contributed by atoms with Crippen LogP contribution in [0.4, 0.5) is 0 Å². The Morgan fingerprint density at radius 2 is 2.36 bits per heavy atom. The maximum atomic E-state index is 5.61. The highest BCUT2D eigenvalue weighted by Gasteiger charge is 2.19. The molecule has 1 aliphatic heterocycles. The molecule has 1 unspecified atom stereocenters. The van der Waals surface area contributed by atoms with Crippen molar-refractivity contribution < 1.29 is 4.74 Å². The molecular weight excluding hydrogens is 174 g/mol. The minimum absolute atomic E-state index is 0.244. The van der Waals surface area contributed by atoms with Gasteiger partial charge in [0.25, 0.3) is 0 Å². The Bertz CT molecular complexity index is 303. The van der Waals surface area contributed by atoms with Gasteiger partial charge in [0.1, 0.15) is 0 Å². The summed E-state index contributed by atoms with van der Waals surface area (Å²) in [6, 6.07) is 4.27. The van der Waals surface area contributed by atoms with Crippen LogP contribution in [-0.2, 0) is 4.74 Å². The lowest BCUT2D eigenvalue weighted by atomic mass is 10.0. The predicted octanol–water partition coefficient (Wildman–Crippen LogP) is 3.06. The van der Waals surface area contributed by atoms with Gasteiger partial charge in [0, 0.05) is 12.8 Å². The van der Waals surface area contributed by atoms with Crippen molar-refractivity contribution >= 4 is 0 Å². The number of rotatable bonds is 2. The summed E-state index contributed by atoms with van der Waals surface area (Å²) in [6.07, 6.45) is 4.42. The molecule has 1 aromatic rings. The van der Waals surface area contributed by atoms with Crippen molar-refractivity contribution in [1.29, 1.82) is 0 Å². The van der Waals surface area contributed by atoms with E-state index in [9.17, 15) is 0 Å². The van der Waals surface area contributed by atoms with Crippen LogP contribution >= 0.6 is 0 Å². The predicted molar refractivity (Wildman–Crippen MR) is 56.3 cm³/mol. The molecule has 14 heavy (non-hydrogen) atoms. The van der Waals surface area contributed by atoms with E-state index in [-0.39, 0.29) is 6.10 Å². The third kappa shape index (κ3) is 1.95. The molecule has 2 nitrogen and oxygen atoms in total. The number of hydrogen-bond donors (Lipinski definition) is 0. The summed E-state index contributed by atoms with van der Waals surface area (Å²) in [4.78, 5) is 4.38. The minimum atomic E-state index is 0.244. The fourth-order valence-electron chi connectivity index (χ4n) is 1.81. The first-order valence-electron chi connectivity index (χ1n) is 5.35. The summed E-state index contributed by atoms with van der Waals surface area (Å²) in [6.45, 7) is 5.29. The fourth-order valence-corrected chi connectivity index (χ4v) is 1.81. The molecule has 1 fully saturated rings. The molecule has 0 N–H and O–H groups in total. The molecule has 1 aliphatic rings. The first-order valence-corrected chi connectivity index (χ1v) is 5.35. The lowest BCUT2D eigenvalue weighted by Crippen LogP contribution is -2.00. The number of hydrogen-bond acceptors (Lipinski definition) is 2. The van der Waals surface area contributed by atoms with Crippen molar-refractivity contribution in [3.8, 4) is 0 Å². The minimum Gasteiger partial charge on any atom is -0.372 e. The molecule has 0 amide bonds. The molecule has 1 saturated heterocycles. The normalized spacial score (nSPS) is 21.8. The van der Waals surface area contributed by atoms with Crippen LogP contribution < -0.4 is 0 Å². The van der Waals surface area contributed by atoms with Crippen molar-refractivity contribution in [3.05, 3.63) is 29.6 Å². The summed E-state index contributed by atoms with van der Waals surface area (Å²) in [5.41, 5.74) is 2.46. The van der Waals surface area contributed by atoms with E-state index >= 15 is 0 Å². The summed E-state index contributed by atoms with van der Waals surface area (Å²) in [5.74, 6) is 0.568. The summed E-state index contributed by atoms with van der Waals surface area (Å²) >= 11 is 0. The lowest BCUT2D eigenvalue weighted by molar-refractivity contribution is 0.108. The largest absolute Gasteiger partial charge is 0.372 e. The van der Waals surface area contributed by atoms with Crippen molar-refractivity contribution in [1.82, 2.24) is 4.98 Å². The molecule has 0 saturated carbocycles. The van der Waals surface area contributed by atoms with E-state index in [1.54, 1.807) is 0 Å². The Labute approximate surface area is 85.3 Å². The first kappa shape index (κ1) is 9.66. The second kappa shape index (κ2) is 4.09. The molecule has 1 atom stereocenters. The van der Waals surface area contributed by atoms with Crippen LogP contribution in [0.1, 0.15) is 50.0 Å². The van der Waals surface area contributed by atoms with Crippen molar-refractivity contribution in [2.24, 2.45) is 0 Å². The van der Waals surface area contributed by atoms with Gasteiger partial charge in [-0.15, -0.1) is 0 Å². The van der Waals surface area contributed by atoms with Crippen LogP contribution in [-0.4, -0.2) is 11.6 Å². The second-order valence-electron chi connectivity index (χ2n) is 4.17. The zero-order valence-electron chi connectivity index (χ0n) is 8.86. The van der Waals surface area contributed by atoms with Gasteiger partial charge in [-0.3, -0.25) is 4.98 Å². The molecule has 1 aromatic heterocycles. The summed E-state index contributed by atoms with van der Waals surface area (Å²) in [7, 11) is 0. The van der Waals surface area contributed by atoms with Crippen LogP contribution in [0.2, 0.25) is 0 Å². The molecule has 2 rings (SSSR count). The van der Waals surface area contributed by atoms with Crippen LogP contribution in [0.25, 0.3) is 0 Å². The van der Waals surface area contributed by atoms with E-state index in [0.29, 0.717) is 5.92 Å². The van der Waals surface area contributed by atoms with Crippen molar-refractivity contribution in [3.63, 3.8) is 0 Å². The average Bonchev–Trinajstić information content (AvgIpc) is 2.71. The van der Waals surface area contributed by atoms with E-state index in [1.807, 2.05) is 6.20 Å². The van der Waals surface area contributed by atoms with E-state index in [4.69, 9.17) is 4.74 Å². The van der Waals surface area contributed by atoms with Crippen molar-refractivity contribution in [2.45, 2.75) is 38.7 Å². The summed E-state index contributed by atoms with van der Waals surface area (Å²) < 4.78 is 5.61. The van der Waals surface area contributed by atoms with Crippen LogP contribution in [0.15, 0.2) is 18.3 Å². The van der Waals surface area contributed by atoms with Gasteiger partial charge in [0.2, 0.25) is 0 Å². The highest BCUT2D eigenvalue weighted by Crippen LogP contribution is 2.28. The van der Waals surface area contributed by atoms with E-state index in [0.717, 1.165) is 25.1 Å². The highest BCUT2D eigenvalue weighted by atomic mass is 16.5. The third-order valence-electron chi connectivity index (χ3n) is 2.73. The van der Waals surface area contributed by atoms with Crippen LogP contribution in [0.3, 0.4) is 0 Å². The molecule has 2 heteroatoms. The molecular formula is C12H17NO. The van der Waals surface area contributed by atoms with E-state index in [2.05, 4.69) is 31.0 Å². The van der Waals surface area contributed by atoms with Gasteiger partial charge >= 0.3 is 0 Å². The van der Waals surface area contributed by atoms with Gasteiger partial charge in [0.15, 0.2) is 0 Å². The molecule has 0 radical (unpaired) electrons. The zero-order chi connectivity index (χ0) is 9.97. The topological polar surface area (TPSA) is 22.1 Å². The SMILES string of the molecule is CC(C)c1ccnc(C2CCCO2)c1. The maximum Gasteiger partial charge on any atom is 0.0995 e. The Balaban J connectivity index is 2.21. The molecule has 0 spiro atoms. The van der Waals surface area contributed by atoms with Gasteiger partial charge < -0.3 is 4.74 Å². The molecule has 76 valence electrons. The number of ether oxygens (including phenoxy) is 1. The second-order valence-corrected chi connectivity index (χ2v) is 4.17. The first-order chi connectivity index (χ1) is 6.77. The maximum absolute atomic E-state index is 5.61. The van der Waals surface area contributed by atoms with Gasteiger partial charge in [-0.25, -0.2) is 0 Å². The average molecular weight is 191 g/mol. The van der Waals surface area contributed by atoms with Crippen LogP contribution in [0.5, 0.6) is 0 Å². The Morgan fingerprint density at radius 1 is 1.50 bits per heavy atom. The van der Waals surface area contributed by atoms with Crippen molar-refractivity contribution in [2.75, 3.05) is 6.61 Å². The summed E-state index contributed by atoms with van der Waals surface area (Å²) in [5, 5.41) is 0. The molecule has 0 bridgehead atoms. The highest BCUT2D eigenvalue weighted by molar-refractivity contribution is 5.21. The standard InChI is InChI=1S/C12H17NO/c1-9(2)10-5-6-13-11(8-10)12-4-3-7-14-12/h5-6,8-9,12H,3-4,7H2,1-2H3. The molecule has 0 aromatic carbocycles. The van der Waals surface area contributed by atoms with Gasteiger partial charge in [0.05, 0.1) is 11.8 Å². The number of pyridine rings is 1. The number of nitrogens with zero attached hydrogens (tertiary/aromatic N) is 1. The van der Waals surface area contributed by atoms with E-state index < -0.39 is 0 Å². The quantitative estimate of drug-likeness (QED) is 0.716. The van der Waals surface area contributed by atoms with Gasteiger partial charge in [-0.1, -0.05) is 13.8 Å². The Hall–Kier alpha value is -0.890. The lowest BCUT2D eigenvalue weighted by Gasteiger charge is -2.11. The molecule has 0 aliphatic carbocycles. The van der Waals surface area contributed by atoms with Gasteiger partial charge in [-0.2, -0.15) is 0 Å².